The molecule has 1 aromatic carbocycles. The number of rotatable bonds is 9. The van der Waals surface area contributed by atoms with Crippen LogP contribution in [-0.2, 0) is 20.9 Å². The van der Waals surface area contributed by atoms with Gasteiger partial charge in [-0.15, -0.1) is 0 Å². The van der Waals surface area contributed by atoms with E-state index in [1.165, 1.54) is 32.1 Å². The Labute approximate surface area is 239 Å². The zero-order chi connectivity index (χ0) is 29.3. The van der Waals surface area contributed by atoms with E-state index in [4.69, 9.17) is 4.74 Å². The van der Waals surface area contributed by atoms with Crippen molar-refractivity contribution < 1.29 is 32.3 Å². The first kappa shape index (κ1) is 32.1. The summed E-state index contributed by atoms with van der Waals surface area (Å²) in [6.45, 7) is 5.47. The Kier molecular flexibility index (Phi) is 11.6. The van der Waals surface area contributed by atoms with E-state index in [2.05, 4.69) is 5.32 Å². The molecule has 1 saturated heterocycles. The van der Waals surface area contributed by atoms with Gasteiger partial charge in [-0.1, -0.05) is 49.6 Å². The molecule has 0 spiro atoms. The third kappa shape index (κ3) is 10.2. The standard InChI is InChI=1S/C29H42F3N3O4S/c1-28(2,3)39-27(38)33-24(20-40-19-22-12-8-5-9-13-22)25(36)34-16-14-23(15-17-34)35(26(37)29(30,31)32)18-21-10-6-4-7-11-21/h4,6-7,10-11,22-24H,5,8-9,12-20H2,1-3H3,(H,33,38). The zero-order valence-corrected chi connectivity index (χ0v) is 24.5. The molecule has 11 heteroatoms. The third-order valence-corrected chi connectivity index (χ3v) is 8.54. The Bertz CT molecular complexity index is 973. The van der Waals surface area contributed by atoms with E-state index in [0.717, 1.165) is 10.7 Å². The van der Waals surface area contributed by atoms with E-state index in [0.29, 0.717) is 17.2 Å². The molecule has 2 aliphatic rings. The van der Waals surface area contributed by atoms with Crippen molar-refractivity contribution in [2.24, 2.45) is 5.92 Å². The molecule has 3 amide bonds. The predicted molar refractivity (Wildman–Crippen MR) is 150 cm³/mol. The fourth-order valence-electron chi connectivity index (χ4n) is 5.26. The van der Waals surface area contributed by atoms with Crippen LogP contribution < -0.4 is 5.32 Å². The lowest BCUT2D eigenvalue weighted by atomic mass is 9.91. The quantitative estimate of drug-likeness (QED) is 0.398. The summed E-state index contributed by atoms with van der Waals surface area (Å²) >= 11 is 1.64. The van der Waals surface area contributed by atoms with Gasteiger partial charge in [-0.05, 0) is 63.7 Å². The highest BCUT2D eigenvalue weighted by atomic mass is 32.2. The number of thioether (sulfide) groups is 1. The summed E-state index contributed by atoms with van der Waals surface area (Å²) in [5.74, 6) is -0.243. The van der Waals surface area contributed by atoms with E-state index in [9.17, 15) is 27.6 Å². The molecule has 40 heavy (non-hydrogen) atoms. The summed E-state index contributed by atoms with van der Waals surface area (Å²) in [4.78, 5) is 40.9. The van der Waals surface area contributed by atoms with Gasteiger partial charge >= 0.3 is 18.2 Å². The first-order chi connectivity index (χ1) is 18.8. The molecular weight excluding hydrogens is 543 g/mol. The minimum absolute atomic E-state index is 0.154. The molecule has 1 unspecified atom stereocenters. The van der Waals surface area contributed by atoms with Crippen molar-refractivity contribution in [1.29, 1.82) is 0 Å². The van der Waals surface area contributed by atoms with Crippen molar-refractivity contribution in [3.63, 3.8) is 0 Å². The van der Waals surface area contributed by atoms with E-state index >= 15 is 0 Å². The van der Waals surface area contributed by atoms with Crippen LogP contribution in [-0.4, -0.2) is 76.2 Å². The molecule has 3 rings (SSSR count). The second kappa shape index (κ2) is 14.5. The highest BCUT2D eigenvalue weighted by molar-refractivity contribution is 7.99. The lowest BCUT2D eigenvalue weighted by Gasteiger charge is -2.39. The smallest absolute Gasteiger partial charge is 0.444 e. The number of carbonyl (C=O) groups is 3. The van der Waals surface area contributed by atoms with Crippen LogP contribution >= 0.6 is 11.8 Å². The molecule has 1 atom stereocenters. The molecule has 224 valence electrons. The van der Waals surface area contributed by atoms with Crippen molar-refractivity contribution in [2.45, 2.75) is 96.1 Å². The molecule has 1 aliphatic heterocycles. The number of likely N-dealkylation sites (tertiary alicyclic amines) is 1. The fourth-order valence-corrected chi connectivity index (χ4v) is 6.52. The average Bonchev–Trinajstić information content (AvgIpc) is 2.90. The molecule has 0 aromatic heterocycles. The monoisotopic (exact) mass is 585 g/mol. The van der Waals surface area contributed by atoms with Crippen LogP contribution in [0, 0.1) is 5.92 Å². The number of alkyl halides is 3. The molecule has 1 heterocycles. The summed E-state index contributed by atoms with van der Waals surface area (Å²) in [6, 6.07) is 7.11. The van der Waals surface area contributed by atoms with Gasteiger partial charge in [-0.3, -0.25) is 9.59 Å². The number of benzene rings is 1. The van der Waals surface area contributed by atoms with E-state index < -0.39 is 35.9 Å². The van der Waals surface area contributed by atoms with E-state index in [1.807, 2.05) is 0 Å². The number of halogens is 3. The van der Waals surface area contributed by atoms with Gasteiger partial charge in [0.05, 0.1) is 0 Å². The maximum absolute atomic E-state index is 13.5. The average molecular weight is 586 g/mol. The summed E-state index contributed by atoms with van der Waals surface area (Å²) in [5, 5.41) is 2.73. The fraction of sp³-hybridized carbons (Fsp3) is 0.690. The SMILES string of the molecule is CC(C)(C)OC(=O)NC(CSCC1CCCCC1)C(=O)N1CCC(N(Cc2ccccc2)C(=O)C(F)(F)F)CC1. The van der Waals surface area contributed by atoms with Crippen molar-refractivity contribution in [2.75, 3.05) is 24.6 Å². The number of carbonyl (C=O) groups excluding carboxylic acids is 3. The lowest BCUT2D eigenvalue weighted by molar-refractivity contribution is -0.189. The highest BCUT2D eigenvalue weighted by Gasteiger charge is 2.45. The highest BCUT2D eigenvalue weighted by Crippen LogP contribution is 2.28. The van der Waals surface area contributed by atoms with Crippen LogP contribution in [0.5, 0.6) is 0 Å². The predicted octanol–water partition coefficient (Wildman–Crippen LogP) is 5.78. The number of nitrogens with zero attached hydrogens (tertiary/aromatic N) is 2. The van der Waals surface area contributed by atoms with Crippen LogP contribution in [0.1, 0.15) is 71.3 Å². The number of hydrogen-bond donors (Lipinski definition) is 1. The lowest BCUT2D eigenvalue weighted by Crippen LogP contribution is -2.56. The largest absolute Gasteiger partial charge is 0.471 e. The number of alkyl carbamates (subject to hydrolysis) is 1. The Morgan fingerprint density at radius 2 is 1.65 bits per heavy atom. The first-order valence-corrected chi connectivity index (χ1v) is 15.3. The van der Waals surface area contributed by atoms with Gasteiger partial charge in [0.2, 0.25) is 5.91 Å². The van der Waals surface area contributed by atoms with Gasteiger partial charge in [0.1, 0.15) is 11.6 Å². The van der Waals surface area contributed by atoms with Gasteiger partial charge < -0.3 is 19.9 Å². The Morgan fingerprint density at radius 1 is 1.02 bits per heavy atom. The minimum atomic E-state index is -4.99. The van der Waals surface area contributed by atoms with Crippen molar-refractivity contribution >= 4 is 29.7 Å². The molecule has 2 fully saturated rings. The summed E-state index contributed by atoms with van der Waals surface area (Å²) in [6.07, 6.45) is 0.819. The van der Waals surface area contributed by atoms with Crippen molar-refractivity contribution in [3.8, 4) is 0 Å². The van der Waals surface area contributed by atoms with Gasteiger partial charge in [0.15, 0.2) is 0 Å². The Hall–Kier alpha value is -2.43. The number of nitrogens with one attached hydrogen (secondary N) is 1. The molecule has 1 aromatic rings. The second-order valence-electron chi connectivity index (χ2n) is 11.7. The zero-order valence-electron chi connectivity index (χ0n) is 23.7. The third-order valence-electron chi connectivity index (χ3n) is 7.27. The Morgan fingerprint density at radius 3 is 2.23 bits per heavy atom. The normalized spacial score (nSPS) is 18.2. The minimum Gasteiger partial charge on any atom is -0.444 e. The van der Waals surface area contributed by atoms with Crippen LogP contribution in [0.15, 0.2) is 30.3 Å². The van der Waals surface area contributed by atoms with Crippen LogP contribution in [0.25, 0.3) is 0 Å². The molecule has 0 bridgehead atoms. The molecule has 1 saturated carbocycles. The van der Waals surface area contributed by atoms with Gasteiger partial charge in [0, 0.05) is 31.4 Å². The molecule has 7 nitrogen and oxygen atoms in total. The summed E-state index contributed by atoms with van der Waals surface area (Å²) < 4.78 is 45.7. The van der Waals surface area contributed by atoms with E-state index in [-0.39, 0.29) is 38.4 Å². The summed E-state index contributed by atoms with van der Waals surface area (Å²) in [7, 11) is 0. The van der Waals surface area contributed by atoms with Crippen LogP contribution in [0.3, 0.4) is 0 Å². The van der Waals surface area contributed by atoms with Gasteiger partial charge in [0.25, 0.3) is 0 Å². The van der Waals surface area contributed by atoms with Gasteiger partial charge in [-0.2, -0.15) is 24.9 Å². The van der Waals surface area contributed by atoms with Crippen LogP contribution in [0.4, 0.5) is 18.0 Å². The number of piperidine rings is 1. The Balaban J connectivity index is 1.64. The number of hydrogen-bond acceptors (Lipinski definition) is 5. The number of amides is 3. The second-order valence-corrected chi connectivity index (χ2v) is 12.8. The molecule has 1 N–H and O–H groups in total. The summed E-state index contributed by atoms with van der Waals surface area (Å²) in [5.41, 5.74) is -0.117. The van der Waals surface area contributed by atoms with Crippen molar-refractivity contribution in [1.82, 2.24) is 15.1 Å². The number of ether oxygens (including phenoxy) is 1. The maximum atomic E-state index is 13.5. The van der Waals surface area contributed by atoms with Crippen LogP contribution in [0.2, 0.25) is 0 Å². The molecular formula is C29H42F3N3O4S. The molecule has 0 radical (unpaired) electrons. The van der Waals surface area contributed by atoms with Crippen molar-refractivity contribution in [3.05, 3.63) is 35.9 Å². The molecule has 1 aliphatic carbocycles. The first-order valence-electron chi connectivity index (χ1n) is 14.1. The topological polar surface area (TPSA) is 79.0 Å². The van der Waals surface area contributed by atoms with E-state index in [1.54, 1.807) is 67.8 Å². The maximum Gasteiger partial charge on any atom is 0.471 e. The van der Waals surface area contributed by atoms with Gasteiger partial charge in [-0.25, -0.2) is 4.79 Å².